The van der Waals surface area contributed by atoms with E-state index in [4.69, 9.17) is 9.47 Å². The van der Waals surface area contributed by atoms with E-state index in [0.29, 0.717) is 31.0 Å². The van der Waals surface area contributed by atoms with Crippen LogP contribution in [0.25, 0.3) is 11.3 Å². The van der Waals surface area contributed by atoms with E-state index in [9.17, 15) is 9.59 Å². The molecule has 0 saturated carbocycles. The van der Waals surface area contributed by atoms with Gasteiger partial charge >= 0.3 is 5.97 Å². The number of rotatable bonds is 9. The first-order chi connectivity index (χ1) is 16.1. The minimum atomic E-state index is -0.371. The normalized spacial score (nSPS) is 12.0. The molecule has 1 N–H and O–H groups in total. The van der Waals surface area contributed by atoms with Crippen LogP contribution >= 0.6 is 0 Å². The monoisotopic (exact) mass is 448 g/mol. The minimum Gasteiger partial charge on any atom is -0.488 e. The molecule has 0 spiro atoms. The van der Waals surface area contributed by atoms with Crippen LogP contribution < -0.4 is 10.1 Å². The van der Waals surface area contributed by atoms with Gasteiger partial charge in [-0.05, 0) is 49.5 Å². The van der Waals surface area contributed by atoms with Crippen LogP contribution in [-0.4, -0.2) is 52.8 Å². The summed E-state index contributed by atoms with van der Waals surface area (Å²) in [6.07, 6.45) is 1.74. The Hall–Kier alpha value is -3.65. The maximum atomic E-state index is 12.7. The summed E-state index contributed by atoms with van der Waals surface area (Å²) >= 11 is 0. The van der Waals surface area contributed by atoms with Crippen LogP contribution in [0.5, 0.6) is 5.75 Å². The number of esters is 1. The lowest BCUT2D eigenvalue weighted by Gasteiger charge is -2.19. The number of fused-ring (bicyclic) bond motifs is 3. The van der Waals surface area contributed by atoms with Crippen LogP contribution in [-0.2, 0) is 22.7 Å². The van der Waals surface area contributed by atoms with Crippen LogP contribution in [0.3, 0.4) is 0 Å². The number of para-hydroxylation sites is 1. The summed E-state index contributed by atoms with van der Waals surface area (Å²) in [7, 11) is 0. The second-order valence-corrected chi connectivity index (χ2v) is 7.75. The Kier molecular flexibility index (Phi) is 7.04. The molecule has 0 atom stereocenters. The van der Waals surface area contributed by atoms with Crippen LogP contribution in [0.4, 0.5) is 5.69 Å². The van der Waals surface area contributed by atoms with Gasteiger partial charge in [0, 0.05) is 23.4 Å². The topological polar surface area (TPSA) is 85.7 Å². The van der Waals surface area contributed by atoms with Gasteiger partial charge in [0.05, 0.1) is 17.5 Å². The molecular formula is C25H28N4O4. The molecule has 0 bridgehead atoms. The minimum absolute atomic E-state index is 0.0683. The van der Waals surface area contributed by atoms with Gasteiger partial charge in [0.2, 0.25) is 5.91 Å². The number of carbonyl (C=O) groups is 2. The van der Waals surface area contributed by atoms with E-state index in [1.165, 1.54) is 0 Å². The summed E-state index contributed by atoms with van der Waals surface area (Å²) < 4.78 is 12.8. The zero-order valence-corrected chi connectivity index (χ0v) is 18.9. The lowest BCUT2D eigenvalue weighted by Crippen LogP contribution is -2.27. The van der Waals surface area contributed by atoms with Gasteiger partial charge in [-0.1, -0.05) is 26.0 Å². The molecule has 1 amide bonds. The van der Waals surface area contributed by atoms with Crippen molar-refractivity contribution in [1.82, 2.24) is 14.7 Å². The van der Waals surface area contributed by atoms with Crippen molar-refractivity contribution in [2.24, 2.45) is 0 Å². The summed E-state index contributed by atoms with van der Waals surface area (Å²) in [5.74, 6) is 0.204. The number of ether oxygens (including phenoxy) is 2. The molecule has 0 unspecified atom stereocenters. The first-order valence-electron chi connectivity index (χ1n) is 11.1. The maximum Gasteiger partial charge on any atom is 0.338 e. The van der Waals surface area contributed by atoms with Crippen LogP contribution in [0.15, 0.2) is 54.7 Å². The molecule has 0 radical (unpaired) electrons. The SMILES string of the molecule is CCN(CC)CCOC(=O)c1ccc(NC(=O)Cn2ncc3c2-c2ccccc2OC3)cc1. The molecule has 2 heterocycles. The van der Waals surface area contributed by atoms with E-state index >= 15 is 0 Å². The highest BCUT2D eigenvalue weighted by Gasteiger charge is 2.22. The number of amides is 1. The van der Waals surface area contributed by atoms with E-state index in [2.05, 4.69) is 29.2 Å². The molecule has 1 aliphatic heterocycles. The first kappa shape index (κ1) is 22.5. The highest BCUT2D eigenvalue weighted by molar-refractivity contribution is 5.93. The Balaban J connectivity index is 1.34. The number of anilines is 1. The number of likely N-dealkylation sites (N-methyl/N-ethyl adjacent to an activating group) is 1. The average molecular weight is 449 g/mol. The van der Waals surface area contributed by atoms with Crippen molar-refractivity contribution in [3.05, 3.63) is 65.9 Å². The van der Waals surface area contributed by atoms with Gasteiger partial charge in [-0.25, -0.2) is 4.79 Å². The fourth-order valence-corrected chi connectivity index (χ4v) is 3.82. The van der Waals surface area contributed by atoms with Gasteiger partial charge in [0.25, 0.3) is 0 Å². The molecule has 1 aromatic heterocycles. The Morgan fingerprint density at radius 1 is 1.12 bits per heavy atom. The van der Waals surface area contributed by atoms with Crippen molar-refractivity contribution in [3.63, 3.8) is 0 Å². The van der Waals surface area contributed by atoms with Gasteiger partial charge in [0.15, 0.2) is 0 Å². The number of hydrogen-bond donors (Lipinski definition) is 1. The van der Waals surface area contributed by atoms with Gasteiger partial charge < -0.3 is 19.7 Å². The number of hydrogen-bond acceptors (Lipinski definition) is 6. The molecule has 8 nitrogen and oxygen atoms in total. The predicted molar refractivity (Wildman–Crippen MR) is 125 cm³/mol. The van der Waals surface area contributed by atoms with Crippen molar-refractivity contribution in [1.29, 1.82) is 0 Å². The molecule has 1 aliphatic rings. The van der Waals surface area contributed by atoms with Crippen LogP contribution in [0.1, 0.15) is 29.8 Å². The van der Waals surface area contributed by atoms with Gasteiger partial charge in [-0.3, -0.25) is 9.48 Å². The molecule has 2 aromatic carbocycles. The quantitative estimate of drug-likeness (QED) is 0.504. The molecule has 0 saturated heterocycles. The Bertz CT molecular complexity index is 1120. The van der Waals surface area contributed by atoms with Gasteiger partial charge in [0.1, 0.15) is 25.5 Å². The molecule has 0 aliphatic carbocycles. The number of aromatic nitrogens is 2. The van der Waals surface area contributed by atoms with Gasteiger partial charge in [-0.15, -0.1) is 0 Å². The zero-order valence-electron chi connectivity index (χ0n) is 18.9. The fourth-order valence-electron chi connectivity index (χ4n) is 3.82. The highest BCUT2D eigenvalue weighted by Crippen LogP contribution is 2.36. The Labute approximate surface area is 193 Å². The molecule has 8 heteroatoms. The summed E-state index contributed by atoms with van der Waals surface area (Å²) in [6, 6.07) is 14.4. The fraction of sp³-hybridized carbons (Fsp3) is 0.320. The van der Waals surface area contributed by atoms with E-state index in [0.717, 1.165) is 35.7 Å². The molecule has 3 aromatic rings. The lowest BCUT2D eigenvalue weighted by molar-refractivity contribution is -0.116. The third-order valence-electron chi connectivity index (χ3n) is 5.67. The second-order valence-electron chi connectivity index (χ2n) is 7.75. The van der Waals surface area contributed by atoms with Crippen LogP contribution in [0, 0.1) is 0 Å². The average Bonchev–Trinajstić information content (AvgIpc) is 3.25. The van der Waals surface area contributed by atoms with E-state index in [-0.39, 0.29) is 18.4 Å². The van der Waals surface area contributed by atoms with Gasteiger partial charge in [-0.2, -0.15) is 5.10 Å². The Morgan fingerprint density at radius 3 is 2.64 bits per heavy atom. The number of benzene rings is 2. The van der Waals surface area contributed by atoms with Crippen molar-refractivity contribution < 1.29 is 19.1 Å². The van der Waals surface area contributed by atoms with E-state index in [1.807, 2.05) is 24.3 Å². The lowest BCUT2D eigenvalue weighted by atomic mass is 10.0. The largest absolute Gasteiger partial charge is 0.488 e. The zero-order chi connectivity index (χ0) is 23.2. The summed E-state index contributed by atoms with van der Waals surface area (Å²) in [6.45, 7) is 7.55. The molecule has 0 fully saturated rings. The van der Waals surface area contributed by atoms with E-state index in [1.54, 1.807) is 35.1 Å². The standard InChI is InChI=1S/C25H28N4O4/c1-3-28(4-2)13-14-32-25(31)18-9-11-20(12-10-18)27-23(30)16-29-24-19(15-26-29)17-33-22-8-6-5-7-21(22)24/h5-12,15H,3-4,13-14,16-17H2,1-2H3,(H,27,30). The molecular weight excluding hydrogens is 420 g/mol. The third-order valence-corrected chi connectivity index (χ3v) is 5.67. The van der Waals surface area contributed by atoms with E-state index < -0.39 is 0 Å². The highest BCUT2D eigenvalue weighted by atomic mass is 16.5. The number of carbonyl (C=O) groups excluding carboxylic acids is 2. The smallest absolute Gasteiger partial charge is 0.338 e. The maximum absolute atomic E-state index is 12.7. The molecule has 172 valence electrons. The predicted octanol–water partition coefficient (Wildman–Crippen LogP) is 3.58. The summed E-state index contributed by atoms with van der Waals surface area (Å²) in [5.41, 5.74) is 3.82. The first-order valence-corrected chi connectivity index (χ1v) is 11.1. The summed E-state index contributed by atoms with van der Waals surface area (Å²) in [5, 5.41) is 7.24. The Morgan fingerprint density at radius 2 is 1.88 bits per heavy atom. The van der Waals surface area contributed by atoms with Crippen molar-refractivity contribution >= 4 is 17.6 Å². The molecule has 33 heavy (non-hydrogen) atoms. The third kappa shape index (κ3) is 5.23. The number of nitrogens with zero attached hydrogens (tertiary/aromatic N) is 3. The number of nitrogens with one attached hydrogen (secondary N) is 1. The second kappa shape index (κ2) is 10.3. The van der Waals surface area contributed by atoms with Crippen LogP contribution in [0.2, 0.25) is 0 Å². The van der Waals surface area contributed by atoms with Crippen molar-refractivity contribution in [2.45, 2.75) is 27.0 Å². The summed E-state index contributed by atoms with van der Waals surface area (Å²) in [4.78, 5) is 27.1. The molecule has 4 rings (SSSR count). The van der Waals surface area contributed by atoms with Crippen molar-refractivity contribution in [3.8, 4) is 17.0 Å². The van der Waals surface area contributed by atoms with Crippen molar-refractivity contribution in [2.75, 3.05) is 31.6 Å².